The van der Waals surface area contributed by atoms with Crippen LogP contribution < -0.4 is 4.74 Å². The number of fused-ring (bicyclic) bond motifs is 1. The Balaban J connectivity index is 1.68. The molecule has 1 heterocycles. The van der Waals surface area contributed by atoms with E-state index in [1.54, 1.807) is 7.11 Å². The third-order valence-electron chi connectivity index (χ3n) is 4.16. The zero-order valence-corrected chi connectivity index (χ0v) is 14.4. The van der Waals surface area contributed by atoms with Crippen LogP contribution in [-0.4, -0.2) is 23.7 Å². The number of thioether (sulfide) groups is 1. The van der Waals surface area contributed by atoms with Crippen LogP contribution in [0.2, 0.25) is 0 Å². The van der Waals surface area contributed by atoms with Crippen LogP contribution in [0.15, 0.2) is 47.5 Å². The minimum absolute atomic E-state index is 0.214. The number of methoxy groups -OCH3 is 1. The second-order valence-electron chi connectivity index (χ2n) is 5.84. The lowest BCUT2D eigenvalue weighted by molar-refractivity contribution is 0.00709. The van der Waals surface area contributed by atoms with Gasteiger partial charge in [-0.1, -0.05) is 42.8 Å². The smallest absolute Gasteiger partial charge is 0.119 e. The molecule has 0 N–H and O–H groups in total. The van der Waals surface area contributed by atoms with Gasteiger partial charge in [0.25, 0.3) is 0 Å². The minimum Gasteiger partial charge on any atom is -0.497 e. The van der Waals surface area contributed by atoms with E-state index in [1.807, 2.05) is 36.0 Å². The maximum Gasteiger partial charge on any atom is 0.119 e. The lowest BCUT2D eigenvalue weighted by Crippen LogP contribution is -2.38. The summed E-state index contributed by atoms with van der Waals surface area (Å²) in [5, 5.41) is 1.90. The predicted molar refractivity (Wildman–Crippen MR) is 93.6 cm³/mol. The molecular weight excluding hydrogens is 316 g/mol. The number of allylic oxidation sites excluding steroid dienone is 2. The van der Waals surface area contributed by atoms with Crippen molar-refractivity contribution in [3.63, 3.8) is 0 Å². The van der Waals surface area contributed by atoms with Crippen LogP contribution in [0.4, 0.5) is 0 Å². The number of hydrogen-bond donors (Lipinski definition) is 0. The molecule has 2 aliphatic rings. The molecule has 0 bridgehead atoms. The third kappa shape index (κ3) is 3.70. The second kappa shape index (κ2) is 7.12. The lowest BCUT2D eigenvalue weighted by Gasteiger charge is -2.39. The van der Waals surface area contributed by atoms with Gasteiger partial charge in [0.1, 0.15) is 5.75 Å². The molecule has 1 aliphatic carbocycles. The van der Waals surface area contributed by atoms with Crippen LogP contribution in [0.5, 0.6) is 5.75 Å². The summed E-state index contributed by atoms with van der Waals surface area (Å²) in [6, 6.07) is 8.06. The van der Waals surface area contributed by atoms with Crippen molar-refractivity contribution in [2.45, 2.75) is 36.6 Å². The molecule has 1 aromatic carbocycles. The lowest BCUT2D eigenvalue weighted by atomic mass is 9.90. The molecule has 118 valence electrons. The fourth-order valence-corrected chi connectivity index (χ4v) is 4.72. The van der Waals surface area contributed by atoms with Crippen LogP contribution in [0.1, 0.15) is 18.9 Å². The van der Waals surface area contributed by atoms with Crippen LogP contribution in [0.25, 0.3) is 0 Å². The normalized spacial score (nSPS) is 30.6. The van der Waals surface area contributed by atoms with Crippen molar-refractivity contribution >= 4 is 23.4 Å². The maximum absolute atomic E-state index is 6.25. The van der Waals surface area contributed by atoms with Gasteiger partial charge in [-0.3, -0.25) is 0 Å². The van der Waals surface area contributed by atoms with Crippen molar-refractivity contribution in [3.05, 3.63) is 53.1 Å². The highest BCUT2D eigenvalue weighted by Crippen LogP contribution is 2.42. The molecule has 3 rings (SSSR count). The van der Waals surface area contributed by atoms with Crippen molar-refractivity contribution < 1.29 is 9.47 Å². The third-order valence-corrected chi connectivity index (χ3v) is 5.85. The van der Waals surface area contributed by atoms with Gasteiger partial charge in [0.05, 0.1) is 19.8 Å². The zero-order valence-electron chi connectivity index (χ0n) is 12.9. The number of halogens is 1. The second-order valence-corrected chi connectivity index (χ2v) is 7.89. The van der Waals surface area contributed by atoms with E-state index >= 15 is 0 Å². The van der Waals surface area contributed by atoms with Gasteiger partial charge < -0.3 is 9.47 Å². The van der Waals surface area contributed by atoms with Gasteiger partial charge in [-0.05, 0) is 30.2 Å². The molecule has 22 heavy (non-hydrogen) atoms. The topological polar surface area (TPSA) is 18.5 Å². The molecule has 2 nitrogen and oxygen atoms in total. The minimum atomic E-state index is 0.214. The molecule has 1 aliphatic heterocycles. The van der Waals surface area contributed by atoms with Crippen LogP contribution >= 0.6 is 23.4 Å². The van der Waals surface area contributed by atoms with Gasteiger partial charge in [0.2, 0.25) is 0 Å². The van der Waals surface area contributed by atoms with Gasteiger partial charge in [-0.2, -0.15) is 11.8 Å². The Morgan fingerprint density at radius 2 is 2.23 bits per heavy atom. The first-order chi connectivity index (χ1) is 10.7. The van der Waals surface area contributed by atoms with Crippen LogP contribution in [0, 0.1) is 5.92 Å². The van der Waals surface area contributed by atoms with E-state index in [-0.39, 0.29) is 6.10 Å². The maximum atomic E-state index is 6.25. The number of benzene rings is 1. The summed E-state index contributed by atoms with van der Waals surface area (Å²) in [6.45, 7) is 2.88. The van der Waals surface area contributed by atoms with E-state index < -0.39 is 0 Å². The Labute approximate surface area is 141 Å². The number of rotatable bonds is 4. The molecule has 4 unspecified atom stereocenters. The summed E-state index contributed by atoms with van der Waals surface area (Å²) in [6.07, 6.45) is 7.65. The quantitative estimate of drug-likeness (QED) is 0.788. The van der Waals surface area contributed by atoms with E-state index in [9.17, 15) is 0 Å². The van der Waals surface area contributed by atoms with E-state index in [0.717, 1.165) is 22.8 Å². The van der Waals surface area contributed by atoms with Crippen molar-refractivity contribution in [2.75, 3.05) is 7.11 Å². The van der Waals surface area contributed by atoms with Gasteiger partial charge in [0.15, 0.2) is 0 Å². The average Bonchev–Trinajstić information content (AvgIpc) is 2.53. The fraction of sp³-hybridized carbons (Fsp3) is 0.444. The summed E-state index contributed by atoms with van der Waals surface area (Å²) in [5.74, 6) is 1.24. The summed E-state index contributed by atoms with van der Waals surface area (Å²) in [4.78, 5) is 0. The molecule has 4 atom stereocenters. The Morgan fingerprint density at radius 3 is 3.05 bits per heavy atom. The SMILES string of the molecule is COc1cccc(COC2CC(C)SC3C=CC(Cl)=CC23)c1. The Kier molecular flexibility index (Phi) is 5.17. The molecule has 0 amide bonds. The molecule has 4 heteroatoms. The van der Waals surface area contributed by atoms with Gasteiger partial charge in [-0.25, -0.2) is 0 Å². The van der Waals surface area contributed by atoms with Gasteiger partial charge >= 0.3 is 0 Å². The highest BCUT2D eigenvalue weighted by molar-refractivity contribution is 8.00. The summed E-state index contributed by atoms with van der Waals surface area (Å²) < 4.78 is 11.5. The number of ether oxygens (including phenoxy) is 2. The molecule has 1 saturated heterocycles. The Morgan fingerprint density at radius 1 is 1.36 bits per heavy atom. The standard InChI is InChI=1S/C18H21ClO2S/c1-12-8-17(16-10-14(19)6-7-18(16)22-12)21-11-13-4-3-5-15(9-13)20-2/h3-7,9-10,12,16-18H,8,11H2,1-2H3. The molecule has 0 spiro atoms. The Hall–Kier alpha value is -0.900. The monoisotopic (exact) mass is 336 g/mol. The highest BCUT2D eigenvalue weighted by atomic mass is 35.5. The van der Waals surface area contributed by atoms with Crippen molar-refractivity contribution in [1.82, 2.24) is 0 Å². The van der Waals surface area contributed by atoms with Gasteiger partial charge in [-0.15, -0.1) is 0 Å². The predicted octanol–water partition coefficient (Wildman–Crippen LogP) is 4.78. The van der Waals surface area contributed by atoms with E-state index in [2.05, 4.69) is 25.1 Å². The number of hydrogen-bond acceptors (Lipinski definition) is 3. The molecule has 0 saturated carbocycles. The average molecular weight is 337 g/mol. The molecule has 0 aromatic heterocycles. The summed E-state index contributed by atoms with van der Waals surface area (Å²) >= 11 is 8.20. The van der Waals surface area contributed by atoms with E-state index in [4.69, 9.17) is 21.1 Å². The largest absolute Gasteiger partial charge is 0.497 e. The molecule has 1 fully saturated rings. The zero-order chi connectivity index (χ0) is 15.5. The first-order valence-electron chi connectivity index (χ1n) is 7.61. The first kappa shape index (κ1) is 16.0. The fourth-order valence-electron chi connectivity index (χ4n) is 3.06. The van der Waals surface area contributed by atoms with Crippen molar-refractivity contribution in [1.29, 1.82) is 0 Å². The van der Waals surface area contributed by atoms with Crippen molar-refractivity contribution in [3.8, 4) is 5.75 Å². The van der Waals surface area contributed by atoms with Crippen molar-refractivity contribution in [2.24, 2.45) is 5.92 Å². The Bertz CT molecular complexity index is 584. The van der Waals surface area contributed by atoms with Crippen LogP contribution in [0.3, 0.4) is 0 Å². The van der Waals surface area contributed by atoms with E-state index in [1.165, 1.54) is 0 Å². The van der Waals surface area contributed by atoms with Gasteiger partial charge in [0, 0.05) is 21.5 Å². The summed E-state index contributed by atoms with van der Waals surface area (Å²) in [7, 11) is 1.69. The molecular formula is C18H21ClO2S. The first-order valence-corrected chi connectivity index (χ1v) is 8.93. The van der Waals surface area contributed by atoms with E-state index in [0.29, 0.717) is 23.0 Å². The molecule has 0 radical (unpaired) electrons. The highest BCUT2D eigenvalue weighted by Gasteiger charge is 2.36. The van der Waals surface area contributed by atoms with Crippen LogP contribution in [-0.2, 0) is 11.3 Å². The summed E-state index contributed by atoms with van der Waals surface area (Å²) in [5.41, 5.74) is 1.14. The molecule has 1 aromatic rings.